The van der Waals surface area contributed by atoms with Gasteiger partial charge in [-0.3, -0.25) is 4.79 Å². The van der Waals surface area contributed by atoms with Crippen LogP contribution in [-0.2, 0) is 16.4 Å². The van der Waals surface area contributed by atoms with Gasteiger partial charge in [-0.1, -0.05) is 0 Å². The molecule has 0 aliphatic heterocycles. The lowest BCUT2D eigenvalue weighted by Gasteiger charge is -2.09. The molecule has 0 aliphatic rings. The van der Waals surface area contributed by atoms with E-state index in [0.29, 0.717) is 10.3 Å². The largest absolute Gasteiger partial charge is 0.465 e. The molecule has 0 unspecified atom stereocenters. The highest BCUT2D eigenvalue weighted by Gasteiger charge is 2.30. The van der Waals surface area contributed by atoms with E-state index in [9.17, 15) is 22.4 Å². The summed E-state index contributed by atoms with van der Waals surface area (Å²) in [6, 6.07) is 4.56. The zero-order valence-corrected chi connectivity index (χ0v) is 15.3. The van der Waals surface area contributed by atoms with Gasteiger partial charge in [-0.05, 0) is 30.7 Å². The standard InChI is InChI=1S/C17H13F2N3O6S/c18-14-10(5-7-21-17(24)25)8-22(15(14)12-2-1-6-20-16(12)19)29(26,27)13-4-3-11(9-23)28-13/h1-4,6,8-9,21H,5,7H2,(H,24,25). The van der Waals surface area contributed by atoms with Gasteiger partial charge in [-0.2, -0.15) is 12.8 Å². The summed E-state index contributed by atoms with van der Waals surface area (Å²) in [5, 5.41) is 10.0. The van der Waals surface area contributed by atoms with Crippen molar-refractivity contribution in [2.75, 3.05) is 6.54 Å². The fourth-order valence-corrected chi connectivity index (χ4v) is 3.93. The van der Waals surface area contributed by atoms with Gasteiger partial charge in [-0.25, -0.2) is 18.1 Å². The number of aromatic nitrogens is 2. The van der Waals surface area contributed by atoms with Gasteiger partial charge >= 0.3 is 16.1 Å². The smallest absolute Gasteiger partial charge is 0.404 e. The van der Waals surface area contributed by atoms with Crippen molar-refractivity contribution in [3.8, 4) is 11.3 Å². The Hall–Kier alpha value is -3.54. The molecule has 0 radical (unpaired) electrons. The molecule has 0 fully saturated rings. The number of carbonyl (C=O) groups is 2. The lowest BCUT2D eigenvalue weighted by atomic mass is 10.1. The summed E-state index contributed by atoms with van der Waals surface area (Å²) in [5.74, 6) is -2.43. The molecule has 3 rings (SSSR count). The van der Waals surface area contributed by atoms with Gasteiger partial charge in [0, 0.05) is 24.5 Å². The molecule has 0 bridgehead atoms. The maximum absolute atomic E-state index is 15.1. The summed E-state index contributed by atoms with van der Waals surface area (Å²) in [6.45, 7) is -0.207. The molecule has 9 nitrogen and oxygen atoms in total. The SMILES string of the molecule is O=Cc1ccc(S(=O)(=O)n2cc(CCNC(=O)O)c(F)c2-c2cccnc2F)o1. The van der Waals surface area contributed by atoms with E-state index >= 15 is 4.39 Å². The Morgan fingerprint density at radius 1 is 1.31 bits per heavy atom. The summed E-state index contributed by atoms with van der Waals surface area (Å²) in [6.07, 6.45) is 0.763. The Kier molecular flexibility index (Phi) is 5.46. The number of halogens is 2. The molecule has 0 aromatic carbocycles. The molecular formula is C17H13F2N3O6S. The minimum absolute atomic E-state index is 0.178. The Balaban J connectivity index is 2.17. The van der Waals surface area contributed by atoms with Crippen LogP contribution in [0.25, 0.3) is 11.3 Å². The number of pyridine rings is 1. The minimum Gasteiger partial charge on any atom is -0.465 e. The van der Waals surface area contributed by atoms with Gasteiger partial charge in [0.1, 0.15) is 5.69 Å². The molecule has 3 aromatic rings. The molecule has 3 heterocycles. The highest BCUT2D eigenvalue weighted by Crippen LogP contribution is 2.32. The monoisotopic (exact) mass is 425 g/mol. The third kappa shape index (κ3) is 3.87. The van der Waals surface area contributed by atoms with Crippen molar-refractivity contribution in [3.05, 3.63) is 59.7 Å². The fraction of sp³-hybridized carbons (Fsp3) is 0.118. The molecule has 2 N–H and O–H groups in total. The predicted molar refractivity (Wildman–Crippen MR) is 94.0 cm³/mol. The highest BCUT2D eigenvalue weighted by molar-refractivity contribution is 7.89. The van der Waals surface area contributed by atoms with Crippen LogP contribution >= 0.6 is 0 Å². The third-order valence-corrected chi connectivity index (χ3v) is 5.43. The second kappa shape index (κ2) is 7.83. The Bertz CT molecular complexity index is 1190. The van der Waals surface area contributed by atoms with Crippen molar-refractivity contribution in [2.24, 2.45) is 0 Å². The van der Waals surface area contributed by atoms with Crippen molar-refractivity contribution < 1.29 is 36.3 Å². The van der Waals surface area contributed by atoms with E-state index in [4.69, 9.17) is 9.52 Å². The molecule has 1 amide bonds. The van der Waals surface area contributed by atoms with Crippen LogP contribution in [0.15, 0.2) is 46.2 Å². The van der Waals surface area contributed by atoms with E-state index in [0.717, 1.165) is 30.6 Å². The number of amides is 1. The second-order valence-electron chi connectivity index (χ2n) is 5.72. The molecule has 0 spiro atoms. The van der Waals surface area contributed by atoms with E-state index in [1.807, 2.05) is 5.32 Å². The number of nitrogens with zero attached hydrogens (tertiary/aromatic N) is 2. The zero-order chi connectivity index (χ0) is 21.2. The lowest BCUT2D eigenvalue weighted by Crippen LogP contribution is -2.23. The van der Waals surface area contributed by atoms with Gasteiger partial charge in [-0.15, -0.1) is 0 Å². The molecule has 152 valence electrons. The summed E-state index contributed by atoms with van der Waals surface area (Å²) < 4.78 is 60.6. The van der Waals surface area contributed by atoms with Crippen molar-refractivity contribution in [1.29, 1.82) is 0 Å². The van der Waals surface area contributed by atoms with E-state index < -0.39 is 44.2 Å². The molecule has 0 atom stereocenters. The van der Waals surface area contributed by atoms with Gasteiger partial charge < -0.3 is 14.8 Å². The Labute approximate surface area is 162 Å². The van der Waals surface area contributed by atoms with Crippen LogP contribution in [0, 0.1) is 11.8 Å². The zero-order valence-electron chi connectivity index (χ0n) is 14.5. The molecule has 29 heavy (non-hydrogen) atoms. The first-order valence-corrected chi connectivity index (χ1v) is 9.47. The molecule has 0 aliphatic carbocycles. The summed E-state index contributed by atoms with van der Waals surface area (Å²) >= 11 is 0. The maximum Gasteiger partial charge on any atom is 0.404 e. The average Bonchev–Trinajstić information content (AvgIpc) is 3.28. The normalized spacial score (nSPS) is 11.4. The quantitative estimate of drug-likeness (QED) is 0.438. The molecule has 12 heteroatoms. The Morgan fingerprint density at radius 2 is 2.07 bits per heavy atom. The van der Waals surface area contributed by atoms with Crippen LogP contribution in [0.3, 0.4) is 0 Å². The van der Waals surface area contributed by atoms with E-state index in [-0.39, 0.29) is 24.3 Å². The van der Waals surface area contributed by atoms with E-state index in [1.165, 1.54) is 6.07 Å². The van der Waals surface area contributed by atoms with Crippen molar-refractivity contribution in [1.82, 2.24) is 14.3 Å². The van der Waals surface area contributed by atoms with Crippen molar-refractivity contribution in [2.45, 2.75) is 11.5 Å². The van der Waals surface area contributed by atoms with Crippen LogP contribution in [-0.4, -0.2) is 41.4 Å². The number of carboxylic acid groups (broad SMARTS) is 1. The first-order valence-electron chi connectivity index (χ1n) is 8.03. The third-order valence-electron chi connectivity index (χ3n) is 3.90. The van der Waals surface area contributed by atoms with Crippen LogP contribution in [0.1, 0.15) is 16.1 Å². The molecule has 3 aromatic heterocycles. The van der Waals surface area contributed by atoms with Crippen LogP contribution in [0.4, 0.5) is 13.6 Å². The Morgan fingerprint density at radius 3 is 2.69 bits per heavy atom. The minimum atomic E-state index is -4.55. The highest BCUT2D eigenvalue weighted by atomic mass is 32.2. The molecular weight excluding hydrogens is 412 g/mol. The van der Waals surface area contributed by atoms with Crippen LogP contribution in [0.2, 0.25) is 0 Å². The van der Waals surface area contributed by atoms with Gasteiger partial charge in [0.05, 0.1) is 5.56 Å². The van der Waals surface area contributed by atoms with Gasteiger partial charge in [0.15, 0.2) is 17.9 Å². The number of furan rings is 1. The number of hydrogen-bond acceptors (Lipinski definition) is 6. The fourth-order valence-electron chi connectivity index (χ4n) is 2.61. The van der Waals surface area contributed by atoms with Crippen LogP contribution in [0.5, 0.6) is 0 Å². The maximum atomic E-state index is 15.1. The number of aldehydes is 1. The topological polar surface area (TPSA) is 132 Å². The number of rotatable bonds is 7. The number of carbonyl (C=O) groups excluding carboxylic acids is 1. The van der Waals surface area contributed by atoms with Crippen molar-refractivity contribution >= 4 is 22.4 Å². The average molecular weight is 425 g/mol. The number of nitrogens with one attached hydrogen (secondary N) is 1. The van der Waals surface area contributed by atoms with E-state index in [2.05, 4.69) is 4.98 Å². The van der Waals surface area contributed by atoms with E-state index in [1.54, 1.807) is 0 Å². The van der Waals surface area contributed by atoms with Gasteiger partial charge in [0.25, 0.3) is 0 Å². The lowest BCUT2D eigenvalue weighted by molar-refractivity contribution is 0.109. The second-order valence-corrected chi connectivity index (χ2v) is 7.46. The van der Waals surface area contributed by atoms with Crippen molar-refractivity contribution in [3.63, 3.8) is 0 Å². The number of hydrogen-bond donors (Lipinski definition) is 2. The summed E-state index contributed by atoms with van der Waals surface area (Å²) in [4.78, 5) is 24.8. The molecule has 0 saturated heterocycles. The first-order chi connectivity index (χ1) is 13.8. The van der Waals surface area contributed by atoms with Gasteiger partial charge in [0.2, 0.25) is 11.0 Å². The molecule has 0 saturated carbocycles. The first kappa shape index (κ1) is 20.2. The predicted octanol–water partition coefficient (Wildman–Crippen LogP) is 2.28. The van der Waals surface area contributed by atoms with Crippen LogP contribution < -0.4 is 5.32 Å². The summed E-state index contributed by atoms with van der Waals surface area (Å²) in [7, 11) is -4.55. The summed E-state index contributed by atoms with van der Waals surface area (Å²) in [5.41, 5.74) is -1.24.